The fourth-order valence-electron chi connectivity index (χ4n) is 1.51. The summed E-state index contributed by atoms with van der Waals surface area (Å²) in [6.45, 7) is 1.07. The predicted octanol–water partition coefficient (Wildman–Crippen LogP) is 3.19. The minimum atomic E-state index is 1.07. The highest BCUT2D eigenvalue weighted by Crippen LogP contribution is 2.09. The molecule has 1 heterocycles. The Hall–Kier alpha value is -0.330. The second-order valence-corrected chi connectivity index (χ2v) is 3.35. The molecular formula is C10H19N. The Morgan fingerprint density at radius 2 is 1.36 bits per heavy atom. The van der Waals surface area contributed by atoms with Crippen LogP contribution in [-0.4, -0.2) is 12.8 Å². The topological polar surface area (TPSA) is 12.4 Å². The third-order valence-electron chi connectivity index (χ3n) is 2.25. The van der Waals surface area contributed by atoms with Gasteiger partial charge in [0.1, 0.15) is 0 Å². The van der Waals surface area contributed by atoms with Crippen LogP contribution in [0.5, 0.6) is 0 Å². The lowest BCUT2D eigenvalue weighted by Crippen LogP contribution is -1.82. The Bertz CT molecular complexity index is 95.4. The van der Waals surface area contributed by atoms with Gasteiger partial charge in [0.25, 0.3) is 0 Å². The van der Waals surface area contributed by atoms with E-state index in [1.54, 1.807) is 0 Å². The standard InChI is InChI=1S/C10H19N/c1-2-4-6-8-10-11-9-7-5-3-1/h9H,1-8,10H2/b11-9-. The van der Waals surface area contributed by atoms with Crippen molar-refractivity contribution >= 4 is 6.21 Å². The SMILES string of the molecule is C1=N\CCCCCCCCC/1. The lowest BCUT2D eigenvalue weighted by molar-refractivity contribution is 0.593. The summed E-state index contributed by atoms with van der Waals surface area (Å²) >= 11 is 0. The Morgan fingerprint density at radius 3 is 2.18 bits per heavy atom. The zero-order valence-corrected chi connectivity index (χ0v) is 7.39. The molecule has 11 heavy (non-hydrogen) atoms. The van der Waals surface area contributed by atoms with Gasteiger partial charge in [-0.2, -0.15) is 0 Å². The molecule has 1 rings (SSSR count). The van der Waals surface area contributed by atoms with Crippen molar-refractivity contribution in [2.24, 2.45) is 4.99 Å². The van der Waals surface area contributed by atoms with E-state index in [1.165, 1.54) is 51.4 Å². The molecule has 0 saturated carbocycles. The smallest absolute Gasteiger partial charge is 0.0385 e. The van der Waals surface area contributed by atoms with Crippen LogP contribution in [0.25, 0.3) is 0 Å². The van der Waals surface area contributed by atoms with Gasteiger partial charge in [0.05, 0.1) is 0 Å². The van der Waals surface area contributed by atoms with E-state index in [0.717, 1.165) is 6.54 Å². The van der Waals surface area contributed by atoms with E-state index >= 15 is 0 Å². The van der Waals surface area contributed by atoms with Gasteiger partial charge >= 0.3 is 0 Å². The summed E-state index contributed by atoms with van der Waals surface area (Å²) in [6.07, 6.45) is 13.1. The van der Waals surface area contributed by atoms with Crippen molar-refractivity contribution in [2.45, 2.75) is 51.4 Å². The summed E-state index contributed by atoms with van der Waals surface area (Å²) in [5.74, 6) is 0. The van der Waals surface area contributed by atoms with Crippen LogP contribution < -0.4 is 0 Å². The zero-order valence-electron chi connectivity index (χ0n) is 7.39. The largest absolute Gasteiger partial charge is 0.298 e. The van der Waals surface area contributed by atoms with Crippen LogP contribution >= 0.6 is 0 Å². The number of nitrogens with zero attached hydrogens (tertiary/aromatic N) is 1. The number of rotatable bonds is 0. The van der Waals surface area contributed by atoms with Crippen LogP contribution in [0.4, 0.5) is 0 Å². The van der Waals surface area contributed by atoms with Crippen LogP contribution in [0.2, 0.25) is 0 Å². The molecule has 1 aliphatic heterocycles. The molecule has 0 bridgehead atoms. The summed E-state index contributed by atoms with van der Waals surface area (Å²) in [5.41, 5.74) is 0. The van der Waals surface area contributed by atoms with Gasteiger partial charge in [0, 0.05) is 6.54 Å². The fraction of sp³-hybridized carbons (Fsp3) is 0.900. The quantitative estimate of drug-likeness (QED) is 0.507. The Morgan fingerprint density at radius 1 is 0.727 bits per heavy atom. The van der Waals surface area contributed by atoms with E-state index < -0.39 is 0 Å². The summed E-state index contributed by atoms with van der Waals surface area (Å²) in [4.78, 5) is 4.35. The first kappa shape index (κ1) is 8.76. The maximum absolute atomic E-state index is 4.35. The summed E-state index contributed by atoms with van der Waals surface area (Å²) < 4.78 is 0. The van der Waals surface area contributed by atoms with Crippen LogP contribution in [0.3, 0.4) is 0 Å². The van der Waals surface area contributed by atoms with Gasteiger partial charge in [-0.25, -0.2) is 0 Å². The molecule has 1 aliphatic rings. The molecule has 0 aromatic rings. The molecule has 0 amide bonds. The predicted molar refractivity (Wildman–Crippen MR) is 50.3 cm³/mol. The van der Waals surface area contributed by atoms with E-state index in [4.69, 9.17) is 0 Å². The summed E-state index contributed by atoms with van der Waals surface area (Å²) in [5, 5.41) is 0. The van der Waals surface area contributed by atoms with E-state index in [-0.39, 0.29) is 0 Å². The van der Waals surface area contributed by atoms with Crippen molar-refractivity contribution in [2.75, 3.05) is 6.54 Å². The lowest BCUT2D eigenvalue weighted by atomic mass is 10.1. The van der Waals surface area contributed by atoms with Gasteiger partial charge in [-0.05, 0) is 25.5 Å². The van der Waals surface area contributed by atoms with E-state index in [0.29, 0.717) is 0 Å². The van der Waals surface area contributed by atoms with Crippen molar-refractivity contribution in [3.8, 4) is 0 Å². The molecule has 0 spiro atoms. The van der Waals surface area contributed by atoms with Crippen LogP contribution in [-0.2, 0) is 0 Å². The number of hydrogen-bond donors (Lipinski definition) is 0. The normalized spacial score (nSPS) is 25.5. The molecule has 1 nitrogen and oxygen atoms in total. The maximum Gasteiger partial charge on any atom is 0.0385 e. The van der Waals surface area contributed by atoms with Gasteiger partial charge in [-0.15, -0.1) is 0 Å². The van der Waals surface area contributed by atoms with Crippen LogP contribution in [0, 0.1) is 0 Å². The van der Waals surface area contributed by atoms with Gasteiger partial charge in [0.15, 0.2) is 0 Å². The fourth-order valence-corrected chi connectivity index (χ4v) is 1.51. The lowest BCUT2D eigenvalue weighted by Gasteiger charge is -1.97. The van der Waals surface area contributed by atoms with Gasteiger partial charge in [-0.3, -0.25) is 4.99 Å². The molecule has 0 fully saturated rings. The first-order valence-corrected chi connectivity index (χ1v) is 4.98. The highest BCUT2D eigenvalue weighted by atomic mass is 14.7. The van der Waals surface area contributed by atoms with E-state index in [1.807, 2.05) is 0 Å². The minimum absolute atomic E-state index is 1.07. The minimum Gasteiger partial charge on any atom is -0.298 e. The van der Waals surface area contributed by atoms with Crippen LogP contribution in [0.1, 0.15) is 51.4 Å². The molecule has 1 heteroatoms. The summed E-state index contributed by atoms with van der Waals surface area (Å²) in [6, 6.07) is 0. The first-order chi connectivity index (χ1) is 5.50. The monoisotopic (exact) mass is 153 g/mol. The molecule has 0 saturated heterocycles. The second kappa shape index (κ2) is 6.38. The number of aliphatic imine (C=N–C) groups is 1. The van der Waals surface area contributed by atoms with E-state index in [9.17, 15) is 0 Å². The first-order valence-electron chi connectivity index (χ1n) is 4.98. The van der Waals surface area contributed by atoms with Gasteiger partial charge in [-0.1, -0.05) is 32.1 Å². The molecule has 0 aliphatic carbocycles. The highest BCUT2D eigenvalue weighted by molar-refractivity contribution is 5.56. The molecule has 0 aromatic carbocycles. The van der Waals surface area contributed by atoms with Gasteiger partial charge < -0.3 is 0 Å². The van der Waals surface area contributed by atoms with Crippen molar-refractivity contribution in [1.82, 2.24) is 0 Å². The summed E-state index contributed by atoms with van der Waals surface area (Å²) in [7, 11) is 0. The molecule has 0 N–H and O–H groups in total. The Labute approximate surface area is 69.9 Å². The molecular weight excluding hydrogens is 134 g/mol. The van der Waals surface area contributed by atoms with Crippen molar-refractivity contribution in [3.63, 3.8) is 0 Å². The second-order valence-electron chi connectivity index (χ2n) is 3.35. The number of hydrogen-bond acceptors (Lipinski definition) is 1. The van der Waals surface area contributed by atoms with Crippen molar-refractivity contribution < 1.29 is 0 Å². The Balaban J connectivity index is 2.11. The average molecular weight is 153 g/mol. The maximum atomic E-state index is 4.35. The molecule has 0 radical (unpaired) electrons. The molecule has 0 aromatic heterocycles. The Kier molecular flexibility index (Phi) is 5.09. The van der Waals surface area contributed by atoms with E-state index in [2.05, 4.69) is 11.2 Å². The third kappa shape index (κ3) is 5.00. The highest BCUT2D eigenvalue weighted by Gasteiger charge is 1.92. The van der Waals surface area contributed by atoms with Crippen molar-refractivity contribution in [1.29, 1.82) is 0 Å². The van der Waals surface area contributed by atoms with Crippen LogP contribution in [0.15, 0.2) is 4.99 Å². The molecule has 0 atom stereocenters. The van der Waals surface area contributed by atoms with Gasteiger partial charge in [0.2, 0.25) is 0 Å². The van der Waals surface area contributed by atoms with Crippen molar-refractivity contribution in [3.05, 3.63) is 0 Å². The third-order valence-corrected chi connectivity index (χ3v) is 2.25. The molecule has 64 valence electrons. The molecule has 0 unspecified atom stereocenters. The zero-order chi connectivity index (χ0) is 7.78. The average Bonchev–Trinajstić information content (AvgIpc) is 2.08.